The molecule has 4 aromatic rings. The molecule has 0 aliphatic carbocycles. The molecule has 6 heteroatoms. The number of fused-ring (bicyclic) bond motifs is 1. The van der Waals surface area contributed by atoms with E-state index in [0.717, 1.165) is 34.5 Å². The van der Waals surface area contributed by atoms with E-state index >= 15 is 0 Å². The summed E-state index contributed by atoms with van der Waals surface area (Å²) < 4.78 is 2.18. The third-order valence-corrected chi connectivity index (χ3v) is 5.84. The molecule has 0 bridgehead atoms. The van der Waals surface area contributed by atoms with Crippen molar-refractivity contribution in [3.63, 3.8) is 0 Å². The van der Waals surface area contributed by atoms with Crippen LogP contribution in [0.4, 0.5) is 5.69 Å². The first-order valence-corrected chi connectivity index (χ1v) is 11.1. The van der Waals surface area contributed by atoms with E-state index in [1.807, 2.05) is 85.7 Å². The number of rotatable bonds is 7. The van der Waals surface area contributed by atoms with Gasteiger partial charge in [-0.25, -0.2) is 4.98 Å². The van der Waals surface area contributed by atoms with Gasteiger partial charge in [-0.05, 0) is 54.4 Å². The largest absolute Gasteiger partial charge is 0.378 e. The van der Waals surface area contributed by atoms with E-state index in [0.29, 0.717) is 17.1 Å². The Kier molecular flexibility index (Phi) is 6.47. The molecular formula is C26H27ClN4O. The number of para-hydroxylation sites is 2. The first-order valence-electron chi connectivity index (χ1n) is 10.7. The van der Waals surface area contributed by atoms with Gasteiger partial charge < -0.3 is 14.8 Å². The van der Waals surface area contributed by atoms with Crippen LogP contribution in [0.3, 0.4) is 0 Å². The van der Waals surface area contributed by atoms with Crippen LogP contribution in [0.25, 0.3) is 11.0 Å². The number of nitrogens with zero attached hydrogens (tertiary/aromatic N) is 3. The van der Waals surface area contributed by atoms with Crippen molar-refractivity contribution in [3.8, 4) is 0 Å². The van der Waals surface area contributed by atoms with E-state index in [1.165, 1.54) is 0 Å². The minimum absolute atomic E-state index is 0.106. The SMILES string of the molecule is CCC(NC(=O)c1cccc(N(C)C)c1)c1nc2ccccc2n1Cc1ccc(Cl)cc1. The molecular weight excluding hydrogens is 420 g/mol. The summed E-state index contributed by atoms with van der Waals surface area (Å²) in [6, 6.07) is 23.3. The highest BCUT2D eigenvalue weighted by atomic mass is 35.5. The van der Waals surface area contributed by atoms with Crippen molar-refractivity contribution in [2.75, 3.05) is 19.0 Å². The van der Waals surface area contributed by atoms with Crippen LogP contribution in [-0.4, -0.2) is 29.6 Å². The normalized spacial score (nSPS) is 12.0. The lowest BCUT2D eigenvalue weighted by atomic mass is 10.1. The van der Waals surface area contributed by atoms with E-state index in [9.17, 15) is 4.79 Å². The quantitative estimate of drug-likeness (QED) is 0.397. The van der Waals surface area contributed by atoms with Gasteiger partial charge in [0.1, 0.15) is 5.82 Å². The summed E-state index contributed by atoms with van der Waals surface area (Å²) >= 11 is 6.07. The summed E-state index contributed by atoms with van der Waals surface area (Å²) in [4.78, 5) is 20.0. The van der Waals surface area contributed by atoms with Crippen molar-refractivity contribution in [1.29, 1.82) is 0 Å². The number of aromatic nitrogens is 2. The minimum atomic E-state index is -0.217. The van der Waals surface area contributed by atoms with E-state index in [-0.39, 0.29) is 11.9 Å². The lowest BCUT2D eigenvalue weighted by Crippen LogP contribution is -2.30. The molecule has 0 saturated heterocycles. The number of imidazole rings is 1. The van der Waals surface area contributed by atoms with Gasteiger partial charge in [-0.3, -0.25) is 4.79 Å². The zero-order chi connectivity index (χ0) is 22.7. The molecule has 1 aromatic heterocycles. The van der Waals surface area contributed by atoms with Crippen LogP contribution < -0.4 is 10.2 Å². The standard InChI is InChI=1S/C26H27ClN4O/c1-4-22(29-26(32)19-8-7-9-21(16-19)30(2)3)25-28-23-10-5-6-11-24(23)31(25)17-18-12-14-20(27)15-13-18/h5-16,22H,4,17H2,1-3H3,(H,29,32). The highest BCUT2D eigenvalue weighted by Crippen LogP contribution is 2.25. The van der Waals surface area contributed by atoms with Gasteiger partial charge in [-0.15, -0.1) is 0 Å². The molecule has 4 rings (SSSR count). The molecule has 5 nitrogen and oxygen atoms in total. The number of hydrogen-bond acceptors (Lipinski definition) is 3. The maximum absolute atomic E-state index is 13.1. The van der Waals surface area contributed by atoms with Gasteiger partial charge in [0, 0.05) is 36.9 Å². The van der Waals surface area contributed by atoms with E-state index in [4.69, 9.17) is 16.6 Å². The minimum Gasteiger partial charge on any atom is -0.378 e. The molecule has 0 fully saturated rings. The second-order valence-corrected chi connectivity index (χ2v) is 8.49. The fraction of sp³-hybridized carbons (Fsp3) is 0.231. The van der Waals surface area contributed by atoms with Crippen molar-refractivity contribution >= 4 is 34.2 Å². The number of carbonyl (C=O) groups excluding carboxylic acids is 1. The molecule has 0 aliphatic heterocycles. The number of anilines is 1. The molecule has 1 amide bonds. The highest BCUT2D eigenvalue weighted by molar-refractivity contribution is 6.30. The summed E-state index contributed by atoms with van der Waals surface area (Å²) in [6.07, 6.45) is 0.725. The Morgan fingerprint density at radius 1 is 1.06 bits per heavy atom. The fourth-order valence-corrected chi connectivity index (χ4v) is 3.94. The lowest BCUT2D eigenvalue weighted by molar-refractivity contribution is 0.0933. The first-order chi connectivity index (χ1) is 15.5. The van der Waals surface area contributed by atoms with Gasteiger partial charge in [0.05, 0.1) is 17.1 Å². The van der Waals surface area contributed by atoms with E-state index < -0.39 is 0 Å². The zero-order valence-corrected chi connectivity index (χ0v) is 19.3. The second-order valence-electron chi connectivity index (χ2n) is 8.05. The number of hydrogen-bond donors (Lipinski definition) is 1. The molecule has 1 N–H and O–H groups in total. The Balaban J connectivity index is 1.68. The van der Waals surface area contributed by atoms with Gasteiger partial charge in [-0.2, -0.15) is 0 Å². The molecule has 1 atom stereocenters. The topological polar surface area (TPSA) is 50.2 Å². The van der Waals surface area contributed by atoms with Crippen molar-refractivity contribution in [2.45, 2.75) is 25.9 Å². The number of nitrogens with one attached hydrogen (secondary N) is 1. The number of halogens is 1. The summed E-state index contributed by atoms with van der Waals surface area (Å²) in [7, 11) is 3.93. The third-order valence-electron chi connectivity index (χ3n) is 5.59. The predicted molar refractivity (Wildman–Crippen MR) is 132 cm³/mol. The maximum atomic E-state index is 13.1. The van der Waals surface area contributed by atoms with E-state index in [2.05, 4.69) is 22.9 Å². The average Bonchev–Trinajstić information content (AvgIpc) is 3.17. The Bertz CT molecular complexity index is 1230. The van der Waals surface area contributed by atoms with Crippen LogP contribution in [0.15, 0.2) is 72.8 Å². The summed E-state index contributed by atoms with van der Waals surface area (Å²) in [5.41, 5.74) is 4.70. The van der Waals surface area contributed by atoms with Crippen molar-refractivity contribution in [2.24, 2.45) is 0 Å². The zero-order valence-electron chi connectivity index (χ0n) is 18.5. The van der Waals surface area contributed by atoms with Crippen LogP contribution in [0.1, 0.15) is 41.1 Å². The number of benzene rings is 3. The predicted octanol–water partition coefficient (Wildman–Crippen LogP) is 5.69. The Labute approximate surface area is 193 Å². The monoisotopic (exact) mass is 446 g/mol. The molecule has 32 heavy (non-hydrogen) atoms. The molecule has 1 heterocycles. The lowest BCUT2D eigenvalue weighted by Gasteiger charge is -2.20. The Morgan fingerprint density at radius 2 is 1.81 bits per heavy atom. The molecule has 0 aliphatic rings. The molecule has 0 radical (unpaired) electrons. The van der Waals surface area contributed by atoms with Gasteiger partial charge in [0.15, 0.2) is 0 Å². The Hall–Kier alpha value is -3.31. The van der Waals surface area contributed by atoms with Gasteiger partial charge in [0.25, 0.3) is 5.91 Å². The molecule has 1 unspecified atom stereocenters. The summed E-state index contributed by atoms with van der Waals surface area (Å²) in [6.45, 7) is 2.71. The van der Waals surface area contributed by atoms with Crippen LogP contribution in [0.2, 0.25) is 5.02 Å². The molecule has 164 valence electrons. The summed E-state index contributed by atoms with van der Waals surface area (Å²) in [5.74, 6) is 0.742. The van der Waals surface area contributed by atoms with Crippen LogP contribution >= 0.6 is 11.6 Å². The van der Waals surface area contributed by atoms with Gasteiger partial charge in [0.2, 0.25) is 0 Å². The van der Waals surface area contributed by atoms with Gasteiger partial charge in [-0.1, -0.05) is 48.9 Å². The highest BCUT2D eigenvalue weighted by Gasteiger charge is 2.22. The second kappa shape index (κ2) is 9.45. The Morgan fingerprint density at radius 3 is 2.53 bits per heavy atom. The first kappa shape index (κ1) is 21.9. The van der Waals surface area contributed by atoms with Crippen LogP contribution in [-0.2, 0) is 6.54 Å². The fourth-order valence-electron chi connectivity index (χ4n) is 3.81. The number of amides is 1. The van der Waals surface area contributed by atoms with Crippen molar-refractivity contribution in [1.82, 2.24) is 14.9 Å². The molecule has 0 spiro atoms. The van der Waals surface area contributed by atoms with Crippen molar-refractivity contribution < 1.29 is 4.79 Å². The average molecular weight is 447 g/mol. The summed E-state index contributed by atoms with van der Waals surface area (Å²) in [5, 5.41) is 3.91. The molecule has 3 aromatic carbocycles. The van der Waals surface area contributed by atoms with Crippen LogP contribution in [0.5, 0.6) is 0 Å². The van der Waals surface area contributed by atoms with Crippen LogP contribution in [0, 0.1) is 0 Å². The smallest absolute Gasteiger partial charge is 0.251 e. The van der Waals surface area contributed by atoms with E-state index in [1.54, 1.807) is 0 Å². The number of carbonyl (C=O) groups is 1. The van der Waals surface area contributed by atoms with Gasteiger partial charge >= 0.3 is 0 Å². The maximum Gasteiger partial charge on any atom is 0.251 e. The third kappa shape index (κ3) is 4.63. The van der Waals surface area contributed by atoms with Crippen molar-refractivity contribution in [3.05, 3.63) is 94.8 Å². The molecule has 0 saturated carbocycles.